The highest BCUT2D eigenvalue weighted by Crippen LogP contribution is 2.12. The molecule has 1 aromatic carbocycles. The van der Waals surface area contributed by atoms with Gasteiger partial charge in [0.15, 0.2) is 0 Å². The van der Waals surface area contributed by atoms with Crippen LogP contribution in [0.5, 0.6) is 0 Å². The highest BCUT2D eigenvalue weighted by Gasteiger charge is 2.07. The number of aliphatic hydroxyl groups is 1. The first-order chi connectivity index (χ1) is 8.09. The molecule has 5 N–H and O–H groups in total. The van der Waals surface area contributed by atoms with Gasteiger partial charge in [-0.15, -0.1) is 0 Å². The van der Waals surface area contributed by atoms with Crippen molar-refractivity contribution in [1.82, 2.24) is 10.6 Å². The summed E-state index contributed by atoms with van der Waals surface area (Å²) in [7, 11) is 0. The number of aliphatic hydroxyl groups excluding tert-OH is 1. The molecule has 0 aliphatic rings. The number of carbonyl (C=O) groups is 1. The van der Waals surface area contributed by atoms with Gasteiger partial charge in [-0.05, 0) is 17.7 Å². The maximum atomic E-state index is 12.9. The van der Waals surface area contributed by atoms with Crippen molar-refractivity contribution < 1.29 is 14.3 Å². The Morgan fingerprint density at radius 2 is 2.24 bits per heavy atom. The molecule has 0 saturated heterocycles. The van der Waals surface area contributed by atoms with Crippen LogP contribution < -0.4 is 16.4 Å². The highest BCUT2D eigenvalue weighted by molar-refractivity contribution is 5.71. The lowest BCUT2D eigenvalue weighted by Gasteiger charge is -2.12. The number of urea groups is 1. The predicted molar refractivity (Wildman–Crippen MR) is 61.8 cm³/mol. The Kier molecular flexibility index (Phi) is 5.38. The van der Waals surface area contributed by atoms with Gasteiger partial charge in [-0.3, -0.25) is 0 Å². The average molecular weight is 241 g/mol. The summed E-state index contributed by atoms with van der Waals surface area (Å²) in [5.74, 6) is -0.378. The fourth-order valence-electron chi connectivity index (χ4n) is 1.34. The first kappa shape index (κ1) is 13.4. The van der Waals surface area contributed by atoms with E-state index in [1.54, 1.807) is 12.1 Å². The standard InChI is InChI=1S/C11H16FN3O2/c12-9-3-1-2-8(6-9)10(16)7-14-4-5-15-11(13)17/h1-3,6,10,14,16H,4-5,7H2,(H3,13,15,17). The van der Waals surface area contributed by atoms with E-state index in [0.717, 1.165) is 0 Å². The number of hydrogen-bond donors (Lipinski definition) is 4. The lowest BCUT2D eigenvalue weighted by atomic mass is 10.1. The molecule has 0 radical (unpaired) electrons. The van der Waals surface area contributed by atoms with Crippen LogP contribution in [0.3, 0.4) is 0 Å². The van der Waals surface area contributed by atoms with Crippen molar-refractivity contribution in [2.24, 2.45) is 5.73 Å². The summed E-state index contributed by atoms with van der Waals surface area (Å²) in [6.45, 7) is 1.14. The van der Waals surface area contributed by atoms with Crippen LogP contribution in [0.1, 0.15) is 11.7 Å². The van der Waals surface area contributed by atoms with Crippen molar-refractivity contribution in [3.63, 3.8) is 0 Å². The molecular weight excluding hydrogens is 225 g/mol. The molecule has 0 aromatic heterocycles. The largest absolute Gasteiger partial charge is 0.387 e. The van der Waals surface area contributed by atoms with E-state index in [9.17, 15) is 14.3 Å². The second-order valence-corrected chi connectivity index (χ2v) is 3.57. The Hall–Kier alpha value is -1.66. The number of halogens is 1. The van der Waals surface area contributed by atoms with Crippen LogP contribution in [0.15, 0.2) is 24.3 Å². The van der Waals surface area contributed by atoms with Gasteiger partial charge < -0.3 is 21.5 Å². The van der Waals surface area contributed by atoms with Crippen LogP contribution >= 0.6 is 0 Å². The summed E-state index contributed by atoms with van der Waals surface area (Å²) in [6.07, 6.45) is -0.778. The normalized spacial score (nSPS) is 12.1. The summed E-state index contributed by atoms with van der Waals surface area (Å²) >= 11 is 0. The molecule has 1 unspecified atom stereocenters. The van der Waals surface area contributed by atoms with Crippen LogP contribution in [-0.4, -0.2) is 30.8 Å². The van der Waals surface area contributed by atoms with E-state index in [4.69, 9.17) is 5.73 Å². The fraction of sp³-hybridized carbons (Fsp3) is 0.364. The minimum absolute atomic E-state index is 0.282. The van der Waals surface area contributed by atoms with E-state index in [0.29, 0.717) is 18.7 Å². The number of amides is 2. The molecule has 17 heavy (non-hydrogen) atoms. The monoisotopic (exact) mass is 241 g/mol. The van der Waals surface area contributed by atoms with E-state index < -0.39 is 12.1 Å². The number of primary amides is 1. The summed E-state index contributed by atoms with van der Waals surface area (Å²) in [4.78, 5) is 10.3. The van der Waals surface area contributed by atoms with Crippen LogP contribution in [-0.2, 0) is 0 Å². The third-order valence-electron chi connectivity index (χ3n) is 2.17. The lowest BCUT2D eigenvalue weighted by Crippen LogP contribution is -2.36. The second kappa shape index (κ2) is 6.82. The molecule has 6 heteroatoms. The van der Waals surface area contributed by atoms with Gasteiger partial charge in [0, 0.05) is 19.6 Å². The van der Waals surface area contributed by atoms with Crippen molar-refractivity contribution in [3.05, 3.63) is 35.6 Å². The number of nitrogens with two attached hydrogens (primary N) is 1. The zero-order valence-electron chi connectivity index (χ0n) is 9.32. The van der Waals surface area contributed by atoms with Gasteiger partial charge in [0.05, 0.1) is 6.10 Å². The van der Waals surface area contributed by atoms with Crippen molar-refractivity contribution in [2.45, 2.75) is 6.10 Å². The first-order valence-electron chi connectivity index (χ1n) is 5.27. The second-order valence-electron chi connectivity index (χ2n) is 3.57. The zero-order valence-corrected chi connectivity index (χ0v) is 9.32. The van der Waals surface area contributed by atoms with Gasteiger partial charge in [-0.1, -0.05) is 12.1 Å². The van der Waals surface area contributed by atoms with Crippen molar-refractivity contribution in [1.29, 1.82) is 0 Å². The first-order valence-corrected chi connectivity index (χ1v) is 5.27. The van der Waals surface area contributed by atoms with Crippen molar-refractivity contribution in [3.8, 4) is 0 Å². The van der Waals surface area contributed by atoms with Gasteiger partial charge in [-0.25, -0.2) is 9.18 Å². The van der Waals surface area contributed by atoms with E-state index >= 15 is 0 Å². The van der Waals surface area contributed by atoms with E-state index in [1.807, 2.05) is 0 Å². The van der Waals surface area contributed by atoms with Gasteiger partial charge >= 0.3 is 6.03 Å². The van der Waals surface area contributed by atoms with E-state index in [1.165, 1.54) is 12.1 Å². The van der Waals surface area contributed by atoms with E-state index in [2.05, 4.69) is 10.6 Å². The number of carbonyl (C=O) groups excluding carboxylic acids is 1. The number of nitrogens with one attached hydrogen (secondary N) is 2. The average Bonchev–Trinajstić information content (AvgIpc) is 2.28. The third kappa shape index (κ3) is 5.28. The molecule has 0 bridgehead atoms. The summed E-state index contributed by atoms with van der Waals surface area (Å²) in [6, 6.07) is 5.21. The topological polar surface area (TPSA) is 87.4 Å². The molecule has 0 spiro atoms. The van der Waals surface area contributed by atoms with Gasteiger partial charge in [0.2, 0.25) is 0 Å². The Morgan fingerprint density at radius 1 is 1.47 bits per heavy atom. The molecule has 0 aliphatic carbocycles. The van der Waals surface area contributed by atoms with Crippen LogP contribution in [0.4, 0.5) is 9.18 Å². The molecular formula is C11H16FN3O2. The highest BCUT2D eigenvalue weighted by atomic mass is 19.1. The maximum absolute atomic E-state index is 12.9. The Balaban J connectivity index is 2.25. The molecule has 94 valence electrons. The van der Waals surface area contributed by atoms with Crippen LogP contribution in [0, 0.1) is 5.82 Å². The number of hydrogen-bond acceptors (Lipinski definition) is 3. The lowest BCUT2D eigenvalue weighted by molar-refractivity contribution is 0.174. The Morgan fingerprint density at radius 3 is 2.88 bits per heavy atom. The molecule has 1 rings (SSSR count). The summed E-state index contributed by atoms with van der Waals surface area (Å²) in [5.41, 5.74) is 5.39. The van der Waals surface area contributed by atoms with Gasteiger partial charge in [0.25, 0.3) is 0 Å². The SMILES string of the molecule is NC(=O)NCCNCC(O)c1cccc(F)c1. The molecule has 1 aromatic rings. The molecule has 0 fully saturated rings. The minimum Gasteiger partial charge on any atom is -0.387 e. The molecule has 0 heterocycles. The van der Waals surface area contributed by atoms with Crippen LogP contribution in [0.25, 0.3) is 0 Å². The van der Waals surface area contributed by atoms with Crippen LogP contribution in [0.2, 0.25) is 0 Å². The molecule has 1 atom stereocenters. The quantitative estimate of drug-likeness (QED) is 0.533. The Bertz CT molecular complexity index is 373. The molecule has 0 saturated carbocycles. The molecule has 2 amide bonds. The number of rotatable bonds is 6. The smallest absolute Gasteiger partial charge is 0.312 e. The Labute approximate surface area is 98.8 Å². The number of benzene rings is 1. The van der Waals surface area contributed by atoms with E-state index in [-0.39, 0.29) is 12.4 Å². The predicted octanol–water partition coefficient (Wildman–Crippen LogP) is 0.117. The minimum atomic E-state index is -0.778. The maximum Gasteiger partial charge on any atom is 0.312 e. The van der Waals surface area contributed by atoms with Gasteiger partial charge in [0.1, 0.15) is 5.82 Å². The summed E-state index contributed by atoms with van der Waals surface area (Å²) in [5, 5.41) is 15.0. The van der Waals surface area contributed by atoms with Crippen molar-refractivity contribution in [2.75, 3.05) is 19.6 Å². The molecule has 5 nitrogen and oxygen atoms in total. The van der Waals surface area contributed by atoms with Crippen molar-refractivity contribution >= 4 is 6.03 Å². The molecule has 0 aliphatic heterocycles. The zero-order chi connectivity index (χ0) is 12.7. The van der Waals surface area contributed by atoms with Gasteiger partial charge in [-0.2, -0.15) is 0 Å². The third-order valence-corrected chi connectivity index (χ3v) is 2.17. The summed E-state index contributed by atoms with van der Waals surface area (Å²) < 4.78 is 12.9. The fourth-order valence-corrected chi connectivity index (χ4v) is 1.34.